The van der Waals surface area contributed by atoms with E-state index in [0.29, 0.717) is 26.7 Å². The lowest BCUT2D eigenvalue weighted by Crippen LogP contribution is -2.40. The van der Waals surface area contributed by atoms with Gasteiger partial charge in [0.2, 0.25) is 5.13 Å². The number of nitro groups is 1. The number of carbonyl (C=O) groups excluding carboxylic acids is 1. The van der Waals surface area contributed by atoms with Gasteiger partial charge in [0.15, 0.2) is 5.17 Å². The van der Waals surface area contributed by atoms with Crippen LogP contribution in [0.1, 0.15) is 37.9 Å². The predicted octanol–water partition coefficient (Wildman–Crippen LogP) is 6.25. The van der Waals surface area contributed by atoms with Crippen LogP contribution < -0.4 is 0 Å². The first kappa shape index (κ1) is 21.6. The first-order valence-corrected chi connectivity index (χ1v) is 12.3. The number of benzene rings is 1. The van der Waals surface area contributed by atoms with E-state index in [2.05, 4.69) is 9.98 Å². The molecule has 33 heavy (non-hydrogen) atoms. The number of furan rings is 1. The van der Waals surface area contributed by atoms with Gasteiger partial charge in [0, 0.05) is 41.4 Å². The average Bonchev–Trinajstić information content (AvgIpc) is 3.57. The van der Waals surface area contributed by atoms with E-state index in [1.807, 2.05) is 10.3 Å². The Morgan fingerprint density at radius 1 is 1.15 bits per heavy atom. The van der Waals surface area contributed by atoms with E-state index in [0.717, 1.165) is 31.2 Å². The van der Waals surface area contributed by atoms with Crippen LogP contribution in [0.3, 0.4) is 0 Å². The van der Waals surface area contributed by atoms with Crippen LogP contribution in [0.2, 0.25) is 0 Å². The second-order valence-electron chi connectivity index (χ2n) is 7.79. The number of thioether (sulfide) groups is 1. The molecule has 1 saturated heterocycles. The van der Waals surface area contributed by atoms with Gasteiger partial charge in [0.05, 0.1) is 9.83 Å². The van der Waals surface area contributed by atoms with Crippen LogP contribution in [0.4, 0.5) is 10.8 Å². The van der Waals surface area contributed by atoms with E-state index >= 15 is 0 Å². The maximum atomic E-state index is 13.4. The number of thiazole rings is 1. The molecule has 5 rings (SSSR count). The number of amidine groups is 1. The third-order valence-corrected chi connectivity index (χ3v) is 7.30. The third-order valence-electron chi connectivity index (χ3n) is 5.65. The molecule has 1 saturated carbocycles. The van der Waals surface area contributed by atoms with Gasteiger partial charge >= 0.3 is 0 Å². The second-order valence-corrected chi connectivity index (χ2v) is 9.67. The van der Waals surface area contributed by atoms with Gasteiger partial charge in [-0.25, -0.2) is 4.98 Å². The smallest absolute Gasteiger partial charge is 0.269 e. The summed E-state index contributed by atoms with van der Waals surface area (Å²) < 4.78 is 5.92. The minimum Gasteiger partial charge on any atom is -0.457 e. The zero-order chi connectivity index (χ0) is 22.8. The number of hydrogen-bond acceptors (Lipinski definition) is 8. The van der Waals surface area contributed by atoms with Gasteiger partial charge in [-0.3, -0.25) is 19.8 Å². The first-order chi connectivity index (χ1) is 16.1. The Hall–Kier alpha value is -3.24. The van der Waals surface area contributed by atoms with Crippen molar-refractivity contribution in [1.82, 2.24) is 9.88 Å². The first-order valence-electron chi connectivity index (χ1n) is 10.6. The van der Waals surface area contributed by atoms with E-state index in [9.17, 15) is 14.9 Å². The number of hydrogen-bond donors (Lipinski definition) is 0. The Morgan fingerprint density at radius 3 is 2.64 bits per heavy atom. The van der Waals surface area contributed by atoms with Gasteiger partial charge in [0.25, 0.3) is 11.6 Å². The molecule has 2 aliphatic rings. The van der Waals surface area contributed by atoms with Crippen LogP contribution in [0, 0.1) is 10.1 Å². The normalized spacial score (nSPS) is 19.6. The topological polar surface area (TPSA) is 102 Å². The molecule has 0 atom stereocenters. The van der Waals surface area contributed by atoms with Crippen LogP contribution in [0.5, 0.6) is 0 Å². The highest BCUT2D eigenvalue weighted by Gasteiger charge is 2.39. The molecule has 3 heterocycles. The van der Waals surface area contributed by atoms with E-state index in [-0.39, 0.29) is 17.6 Å². The molecule has 10 heteroatoms. The van der Waals surface area contributed by atoms with Crippen molar-refractivity contribution >= 4 is 51.1 Å². The number of nitro benzene ring substituents is 1. The van der Waals surface area contributed by atoms with Crippen LogP contribution >= 0.6 is 23.1 Å². The average molecular weight is 481 g/mol. The summed E-state index contributed by atoms with van der Waals surface area (Å²) in [5.74, 6) is 1.06. The molecular weight excluding hydrogens is 460 g/mol. The van der Waals surface area contributed by atoms with Crippen LogP contribution in [-0.4, -0.2) is 31.9 Å². The van der Waals surface area contributed by atoms with Crippen molar-refractivity contribution in [2.24, 2.45) is 4.99 Å². The largest absolute Gasteiger partial charge is 0.457 e. The predicted molar refractivity (Wildman–Crippen MR) is 129 cm³/mol. The number of amides is 1. The van der Waals surface area contributed by atoms with Crippen molar-refractivity contribution in [3.63, 3.8) is 0 Å². The van der Waals surface area contributed by atoms with Gasteiger partial charge in [-0.2, -0.15) is 4.99 Å². The van der Waals surface area contributed by atoms with Gasteiger partial charge < -0.3 is 4.42 Å². The highest BCUT2D eigenvalue weighted by atomic mass is 32.2. The summed E-state index contributed by atoms with van der Waals surface area (Å²) in [6, 6.07) is 9.90. The van der Waals surface area contributed by atoms with Crippen molar-refractivity contribution in [1.29, 1.82) is 0 Å². The molecule has 2 fully saturated rings. The van der Waals surface area contributed by atoms with E-state index in [4.69, 9.17) is 4.42 Å². The molecule has 1 amide bonds. The Morgan fingerprint density at radius 2 is 1.94 bits per heavy atom. The minimum absolute atomic E-state index is 0.0236. The molecule has 0 N–H and O–H groups in total. The maximum Gasteiger partial charge on any atom is 0.269 e. The molecule has 1 aliphatic carbocycles. The molecule has 0 spiro atoms. The molecular formula is C23H20N4O4S2. The highest BCUT2D eigenvalue weighted by Crippen LogP contribution is 2.39. The molecule has 0 unspecified atom stereocenters. The lowest BCUT2D eigenvalue weighted by molar-refractivity contribution is -0.384. The molecule has 0 radical (unpaired) electrons. The van der Waals surface area contributed by atoms with Gasteiger partial charge in [-0.1, -0.05) is 19.3 Å². The van der Waals surface area contributed by atoms with Crippen LogP contribution in [0.15, 0.2) is 62.3 Å². The molecule has 168 valence electrons. The number of aliphatic imine (C=N–C) groups is 1. The maximum absolute atomic E-state index is 13.4. The van der Waals surface area contributed by atoms with Crippen molar-refractivity contribution in [3.8, 4) is 11.3 Å². The van der Waals surface area contributed by atoms with Crippen LogP contribution in [0.25, 0.3) is 17.4 Å². The fourth-order valence-electron chi connectivity index (χ4n) is 4.04. The summed E-state index contributed by atoms with van der Waals surface area (Å²) in [6.07, 6.45) is 8.81. The zero-order valence-corrected chi connectivity index (χ0v) is 19.2. The molecule has 0 bridgehead atoms. The Kier molecular flexibility index (Phi) is 6.10. The molecule has 2 aromatic heterocycles. The number of nitrogens with zero attached hydrogens (tertiary/aromatic N) is 4. The quantitative estimate of drug-likeness (QED) is 0.243. The monoisotopic (exact) mass is 480 g/mol. The Balaban J connectivity index is 1.42. The fraction of sp³-hybridized carbons (Fsp3) is 0.261. The standard InChI is InChI=1S/C23H20N4O4S2/c28-21-20(14-18-10-11-19(31-18)15-6-8-17(9-7-15)27(29)30)33-23(25-22-24-12-13-32-22)26(21)16-4-2-1-3-5-16/h6-14,16H,1-5H2/b20-14+,25-23+. The number of carbonyl (C=O) groups is 1. The van der Waals surface area contributed by atoms with Crippen molar-refractivity contribution < 1.29 is 14.1 Å². The molecule has 1 aliphatic heterocycles. The number of aromatic nitrogens is 1. The summed E-state index contributed by atoms with van der Waals surface area (Å²) in [4.78, 5) is 35.1. The highest BCUT2D eigenvalue weighted by molar-refractivity contribution is 8.18. The SMILES string of the molecule is O=C1/C(=C\c2ccc(-c3ccc([N+](=O)[O-])cc3)o2)S/C(=N/c2nccs2)N1C1CCCCC1. The summed E-state index contributed by atoms with van der Waals surface area (Å²) >= 11 is 2.78. The lowest BCUT2D eigenvalue weighted by atomic mass is 9.94. The summed E-state index contributed by atoms with van der Waals surface area (Å²) in [5, 5.41) is 14.0. The molecule has 8 nitrogen and oxygen atoms in total. The van der Waals surface area contributed by atoms with E-state index in [1.54, 1.807) is 36.5 Å². The summed E-state index contributed by atoms with van der Waals surface area (Å²) in [7, 11) is 0. The van der Waals surface area contributed by atoms with Crippen molar-refractivity contribution in [3.05, 3.63) is 68.8 Å². The fourth-order valence-corrected chi connectivity index (χ4v) is 5.62. The van der Waals surface area contributed by atoms with Gasteiger partial charge in [-0.15, -0.1) is 11.3 Å². The Labute approximate surface area is 198 Å². The van der Waals surface area contributed by atoms with E-state index < -0.39 is 4.92 Å². The summed E-state index contributed by atoms with van der Waals surface area (Å²) in [5.41, 5.74) is 0.751. The lowest BCUT2D eigenvalue weighted by Gasteiger charge is -2.30. The number of rotatable bonds is 5. The van der Waals surface area contributed by atoms with E-state index in [1.165, 1.54) is 41.7 Å². The summed E-state index contributed by atoms with van der Waals surface area (Å²) in [6.45, 7) is 0. The van der Waals surface area contributed by atoms with Crippen LogP contribution in [-0.2, 0) is 4.79 Å². The molecule has 3 aromatic rings. The minimum atomic E-state index is -0.437. The number of non-ortho nitro benzene ring substituents is 1. The van der Waals surface area contributed by atoms with Crippen molar-refractivity contribution in [2.75, 3.05) is 0 Å². The van der Waals surface area contributed by atoms with Gasteiger partial charge in [-0.05, 0) is 48.9 Å². The Bertz CT molecular complexity index is 1230. The van der Waals surface area contributed by atoms with Gasteiger partial charge in [0.1, 0.15) is 11.5 Å². The van der Waals surface area contributed by atoms with Crippen molar-refractivity contribution in [2.45, 2.75) is 38.1 Å². The second kappa shape index (κ2) is 9.32. The third kappa shape index (κ3) is 4.62. The molecule has 1 aromatic carbocycles. The zero-order valence-electron chi connectivity index (χ0n) is 17.5.